The highest BCUT2D eigenvalue weighted by Gasteiger charge is 2.27. The largest absolute Gasteiger partial charge is 0.472 e. The highest BCUT2D eigenvalue weighted by molar-refractivity contribution is 7.47. The molecule has 6 N–H and O–H groups in total. The summed E-state index contributed by atoms with van der Waals surface area (Å²) in [6, 6.07) is -1.01. The Kier molecular flexibility index (Phi) is 40.4. The summed E-state index contributed by atoms with van der Waals surface area (Å²) in [5.41, 5.74) is 5.36. The average molecular weight is 811 g/mol. The molecule has 0 aromatic rings. The molecule has 0 saturated heterocycles. The van der Waals surface area contributed by atoms with E-state index in [1.54, 1.807) is 6.08 Å². The molecule has 0 radical (unpaired) electrons. The fourth-order valence-electron chi connectivity index (χ4n) is 6.44. The summed E-state index contributed by atoms with van der Waals surface area (Å²) in [7, 11) is -4.41. The summed E-state index contributed by atoms with van der Waals surface area (Å²) in [4.78, 5) is 22.8. The maximum atomic E-state index is 12.8. The van der Waals surface area contributed by atoms with Gasteiger partial charge in [0.15, 0.2) is 0 Å². The van der Waals surface area contributed by atoms with Gasteiger partial charge in [0.25, 0.3) is 0 Å². The molecule has 4 unspecified atom stereocenters. The van der Waals surface area contributed by atoms with Crippen molar-refractivity contribution in [2.24, 2.45) is 5.73 Å². The van der Waals surface area contributed by atoms with E-state index in [-0.39, 0.29) is 19.6 Å². The third kappa shape index (κ3) is 39.3. The maximum Gasteiger partial charge on any atom is 0.472 e. The van der Waals surface area contributed by atoms with E-state index in [4.69, 9.17) is 14.8 Å². The van der Waals surface area contributed by atoms with Crippen molar-refractivity contribution in [2.75, 3.05) is 19.8 Å². The second-order valence-electron chi connectivity index (χ2n) is 15.4. The topological polar surface area (TPSA) is 151 Å². The van der Waals surface area contributed by atoms with Gasteiger partial charge >= 0.3 is 7.82 Å². The van der Waals surface area contributed by atoms with Gasteiger partial charge in [0.05, 0.1) is 37.9 Å². The van der Waals surface area contributed by atoms with Crippen molar-refractivity contribution >= 4 is 13.7 Å². The number of rotatable bonds is 42. The molecule has 0 rings (SSSR count). The Balaban J connectivity index is 4.37. The zero-order valence-electron chi connectivity index (χ0n) is 36.0. The molecule has 10 heteroatoms. The van der Waals surface area contributed by atoms with E-state index in [1.807, 2.05) is 6.08 Å². The zero-order chi connectivity index (χ0) is 41.2. The fraction of sp³-hybridized carbons (Fsp3) is 0.804. The lowest BCUT2D eigenvalue weighted by atomic mass is 10.0. The Morgan fingerprint density at radius 2 is 1.02 bits per heavy atom. The predicted octanol–water partition coefficient (Wildman–Crippen LogP) is 11.9. The number of carbonyl (C=O) groups excluding carboxylic acids is 1. The molecular weight excluding hydrogens is 723 g/mol. The van der Waals surface area contributed by atoms with Crippen molar-refractivity contribution in [1.82, 2.24) is 5.32 Å². The minimum absolute atomic E-state index is 0.0402. The number of carbonyl (C=O) groups is 1. The standard InChI is InChI=1S/C46H87N2O7P/c1-3-5-7-9-11-13-15-17-19-21-22-23-25-27-29-31-33-35-37-43(49)41-46(51)48-44(42-55-56(52,53)54-40-39-47)45(50)38-36-34-32-30-28-26-24-20-18-16-14-12-10-8-6-4-2/h18,20,22-23,28,30,36,38,43-45,49-50H,3-17,19,21,24-27,29,31-35,37,39-42,47H2,1-2H3,(H,48,51)(H,52,53)/b20-18+,23-22-,30-28+,38-36+. The molecule has 0 aromatic carbocycles. The lowest BCUT2D eigenvalue weighted by Crippen LogP contribution is -2.46. The second-order valence-corrected chi connectivity index (χ2v) is 16.9. The number of phosphoric ester groups is 1. The Morgan fingerprint density at radius 3 is 1.48 bits per heavy atom. The number of nitrogens with one attached hydrogen (secondary N) is 1. The van der Waals surface area contributed by atoms with Crippen molar-refractivity contribution in [3.8, 4) is 0 Å². The summed E-state index contributed by atoms with van der Waals surface area (Å²) in [5, 5.41) is 24.0. The first kappa shape index (κ1) is 54.4. The summed E-state index contributed by atoms with van der Waals surface area (Å²) in [5.74, 6) is -0.465. The summed E-state index contributed by atoms with van der Waals surface area (Å²) >= 11 is 0. The minimum atomic E-state index is -4.41. The first-order valence-corrected chi connectivity index (χ1v) is 24.3. The van der Waals surface area contributed by atoms with Gasteiger partial charge in [-0.05, 0) is 70.6 Å². The van der Waals surface area contributed by atoms with Crippen LogP contribution in [0.4, 0.5) is 0 Å². The van der Waals surface area contributed by atoms with E-state index >= 15 is 0 Å². The van der Waals surface area contributed by atoms with Gasteiger partial charge in [-0.25, -0.2) is 4.57 Å². The normalized spacial score (nSPS) is 15.0. The first-order chi connectivity index (χ1) is 27.3. The minimum Gasteiger partial charge on any atom is -0.393 e. The van der Waals surface area contributed by atoms with E-state index in [0.717, 1.165) is 57.8 Å². The van der Waals surface area contributed by atoms with E-state index in [1.165, 1.54) is 109 Å². The fourth-order valence-corrected chi connectivity index (χ4v) is 7.20. The van der Waals surface area contributed by atoms with Gasteiger partial charge in [0, 0.05) is 6.54 Å². The third-order valence-electron chi connectivity index (χ3n) is 9.91. The van der Waals surface area contributed by atoms with Crippen molar-refractivity contribution < 1.29 is 33.5 Å². The number of phosphoric acid groups is 1. The zero-order valence-corrected chi connectivity index (χ0v) is 36.9. The van der Waals surface area contributed by atoms with Crippen LogP contribution >= 0.6 is 7.82 Å². The number of nitrogens with two attached hydrogens (primary N) is 1. The van der Waals surface area contributed by atoms with Crippen molar-refractivity contribution in [3.63, 3.8) is 0 Å². The third-order valence-corrected chi connectivity index (χ3v) is 10.9. The predicted molar refractivity (Wildman–Crippen MR) is 237 cm³/mol. The number of hydrogen-bond donors (Lipinski definition) is 5. The molecule has 56 heavy (non-hydrogen) atoms. The highest BCUT2D eigenvalue weighted by Crippen LogP contribution is 2.43. The number of amides is 1. The monoisotopic (exact) mass is 811 g/mol. The molecule has 1 amide bonds. The number of aliphatic hydroxyl groups is 2. The number of aliphatic hydroxyl groups excluding tert-OH is 2. The van der Waals surface area contributed by atoms with Crippen LogP contribution in [0.5, 0.6) is 0 Å². The molecule has 0 heterocycles. The first-order valence-electron chi connectivity index (χ1n) is 22.8. The van der Waals surface area contributed by atoms with Crippen LogP contribution < -0.4 is 11.1 Å². The molecule has 328 valence electrons. The second kappa shape index (κ2) is 41.6. The molecule has 0 aliphatic carbocycles. The van der Waals surface area contributed by atoms with Crippen LogP contribution in [0.15, 0.2) is 48.6 Å². The average Bonchev–Trinajstić information content (AvgIpc) is 3.17. The van der Waals surface area contributed by atoms with Crippen LogP contribution in [0, 0.1) is 0 Å². The van der Waals surface area contributed by atoms with Crippen molar-refractivity contribution in [1.29, 1.82) is 0 Å². The van der Waals surface area contributed by atoms with Crippen LogP contribution in [0.2, 0.25) is 0 Å². The van der Waals surface area contributed by atoms with Crippen LogP contribution in [0.3, 0.4) is 0 Å². The Labute approximate surface area is 344 Å². The van der Waals surface area contributed by atoms with E-state index in [9.17, 15) is 24.5 Å². The van der Waals surface area contributed by atoms with Gasteiger partial charge in [-0.1, -0.05) is 172 Å². The molecule has 4 atom stereocenters. The molecule has 0 bridgehead atoms. The van der Waals surface area contributed by atoms with Crippen LogP contribution in [0.25, 0.3) is 0 Å². The van der Waals surface area contributed by atoms with Crippen LogP contribution in [0.1, 0.15) is 200 Å². The van der Waals surface area contributed by atoms with Gasteiger partial charge < -0.3 is 26.2 Å². The highest BCUT2D eigenvalue weighted by atomic mass is 31.2. The molecule has 0 spiro atoms. The lowest BCUT2D eigenvalue weighted by molar-refractivity contribution is -0.124. The molecule has 0 fully saturated rings. The van der Waals surface area contributed by atoms with Gasteiger partial charge in [0.2, 0.25) is 5.91 Å². The lowest BCUT2D eigenvalue weighted by Gasteiger charge is -2.24. The SMILES string of the molecule is CCCCCCCC/C=C/CC/C=C/CC/C=C/C(O)C(COP(=O)(O)OCCN)NC(=O)CC(O)CCCCCCC/C=C\CCCCCCCCCCC. The maximum absolute atomic E-state index is 12.8. The van der Waals surface area contributed by atoms with Gasteiger partial charge in [-0.3, -0.25) is 13.8 Å². The van der Waals surface area contributed by atoms with Crippen molar-refractivity contribution in [3.05, 3.63) is 48.6 Å². The quantitative estimate of drug-likeness (QED) is 0.0232. The molecule has 0 aromatic heterocycles. The van der Waals surface area contributed by atoms with Gasteiger partial charge in [0.1, 0.15) is 0 Å². The van der Waals surface area contributed by atoms with E-state index in [0.29, 0.717) is 12.8 Å². The Hall–Kier alpha value is -1.58. The van der Waals surface area contributed by atoms with Crippen LogP contribution in [-0.4, -0.2) is 59.0 Å². The van der Waals surface area contributed by atoms with E-state index in [2.05, 4.69) is 55.6 Å². The molecule has 0 saturated carbocycles. The smallest absolute Gasteiger partial charge is 0.393 e. The number of allylic oxidation sites excluding steroid dienone is 7. The molecular formula is C46H87N2O7P. The summed E-state index contributed by atoms with van der Waals surface area (Å²) in [6.45, 7) is 3.93. The number of hydrogen-bond acceptors (Lipinski definition) is 7. The van der Waals surface area contributed by atoms with E-state index < -0.39 is 38.6 Å². The van der Waals surface area contributed by atoms with Crippen LogP contribution in [-0.2, 0) is 18.4 Å². The summed E-state index contributed by atoms with van der Waals surface area (Å²) in [6.07, 6.45) is 47.7. The van der Waals surface area contributed by atoms with Gasteiger partial charge in [-0.15, -0.1) is 0 Å². The number of unbranched alkanes of at least 4 members (excludes halogenated alkanes) is 22. The van der Waals surface area contributed by atoms with Crippen molar-refractivity contribution in [2.45, 2.75) is 218 Å². The van der Waals surface area contributed by atoms with Gasteiger partial charge in [-0.2, -0.15) is 0 Å². The Morgan fingerprint density at radius 1 is 0.607 bits per heavy atom. The molecule has 0 aliphatic heterocycles. The Bertz CT molecular complexity index is 1030. The molecule has 9 nitrogen and oxygen atoms in total. The molecule has 0 aliphatic rings. The summed E-state index contributed by atoms with van der Waals surface area (Å²) < 4.78 is 22.1.